The van der Waals surface area contributed by atoms with Gasteiger partial charge in [0.1, 0.15) is 5.82 Å². The average molecular weight is 211 g/mol. The number of benzene rings is 1. The first-order chi connectivity index (χ1) is 7.00. The van der Waals surface area contributed by atoms with E-state index >= 15 is 0 Å². The van der Waals surface area contributed by atoms with Gasteiger partial charge in [0.2, 0.25) is 0 Å². The van der Waals surface area contributed by atoms with E-state index in [1.807, 2.05) is 0 Å². The Morgan fingerprint density at radius 3 is 2.73 bits per heavy atom. The molecule has 0 aromatic heterocycles. The third-order valence-corrected chi connectivity index (χ3v) is 1.59. The fourth-order valence-electron chi connectivity index (χ4n) is 0.986. The second kappa shape index (κ2) is 4.32. The van der Waals surface area contributed by atoms with Crippen LogP contribution in [0, 0.1) is 15.9 Å². The molecule has 0 aliphatic carbocycles. The molecule has 0 spiro atoms. The van der Waals surface area contributed by atoms with Gasteiger partial charge in [-0.25, -0.2) is 9.18 Å². The van der Waals surface area contributed by atoms with Crippen molar-refractivity contribution in [2.45, 2.75) is 0 Å². The van der Waals surface area contributed by atoms with E-state index in [0.717, 1.165) is 24.3 Å². The summed E-state index contributed by atoms with van der Waals surface area (Å²) in [6.45, 7) is 0. The number of aliphatic carboxylic acids is 1. The molecule has 1 aromatic carbocycles. The van der Waals surface area contributed by atoms with Gasteiger partial charge in [-0.15, -0.1) is 0 Å². The summed E-state index contributed by atoms with van der Waals surface area (Å²) >= 11 is 0. The zero-order chi connectivity index (χ0) is 11.4. The SMILES string of the molecule is O=C(O)/C=C/c1cc(F)ccc1[N+](=O)[O-]. The van der Waals surface area contributed by atoms with Crippen molar-refractivity contribution in [1.82, 2.24) is 0 Å². The summed E-state index contributed by atoms with van der Waals surface area (Å²) in [6, 6.07) is 2.82. The van der Waals surface area contributed by atoms with Gasteiger partial charge in [0.15, 0.2) is 0 Å². The smallest absolute Gasteiger partial charge is 0.328 e. The number of hydrogen-bond donors (Lipinski definition) is 1. The maximum absolute atomic E-state index is 12.7. The van der Waals surface area contributed by atoms with Crippen LogP contribution in [0.4, 0.5) is 10.1 Å². The molecule has 15 heavy (non-hydrogen) atoms. The molecule has 0 amide bonds. The zero-order valence-corrected chi connectivity index (χ0v) is 7.38. The Labute approximate surface area is 83.6 Å². The fraction of sp³-hybridized carbons (Fsp3) is 0. The van der Waals surface area contributed by atoms with E-state index in [-0.39, 0.29) is 11.3 Å². The lowest BCUT2D eigenvalue weighted by Gasteiger charge is -1.96. The third-order valence-electron chi connectivity index (χ3n) is 1.59. The predicted octanol–water partition coefficient (Wildman–Crippen LogP) is 1.83. The van der Waals surface area contributed by atoms with Crippen molar-refractivity contribution in [3.8, 4) is 0 Å². The maximum atomic E-state index is 12.7. The Morgan fingerprint density at radius 1 is 1.53 bits per heavy atom. The Balaban J connectivity index is 3.18. The van der Waals surface area contributed by atoms with Crippen molar-refractivity contribution in [3.63, 3.8) is 0 Å². The third kappa shape index (κ3) is 2.87. The van der Waals surface area contributed by atoms with Gasteiger partial charge in [0.05, 0.1) is 10.5 Å². The summed E-state index contributed by atoms with van der Waals surface area (Å²) in [5.41, 5.74) is -0.420. The van der Waals surface area contributed by atoms with Gasteiger partial charge in [-0.05, 0) is 18.2 Å². The van der Waals surface area contributed by atoms with Crippen LogP contribution in [0.25, 0.3) is 6.08 Å². The number of carboxylic acids is 1. The van der Waals surface area contributed by atoms with Gasteiger partial charge in [-0.2, -0.15) is 0 Å². The van der Waals surface area contributed by atoms with Crippen molar-refractivity contribution >= 4 is 17.7 Å². The molecule has 78 valence electrons. The highest BCUT2D eigenvalue weighted by molar-refractivity contribution is 5.86. The Bertz CT molecular complexity index is 442. The summed E-state index contributed by atoms with van der Waals surface area (Å²) in [6.07, 6.45) is 1.69. The molecule has 6 heteroatoms. The van der Waals surface area contributed by atoms with Crippen molar-refractivity contribution in [2.75, 3.05) is 0 Å². The molecule has 0 saturated heterocycles. The minimum absolute atomic E-state index is 0.0811. The molecule has 1 aromatic rings. The van der Waals surface area contributed by atoms with Crippen LogP contribution in [0.1, 0.15) is 5.56 Å². The van der Waals surface area contributed by atoms with E-state index in [9.17, 15) is 19.3 Å². The predicted molar refractivity (Wildman–Crippen MR) is 49.7 cm³/mol. The van der Waals surface area contributed by atoms with E-state index in [4.69, 9.17) is 5.11 Å². The Morgan fingerprint density at radius 2 is 2.20 bits per heavy atom. The molecule has 0 saturated carbocycles. The summed E-state index contributed by atoms with van der Waals surface area (Å²) in [4.78, 5) is 20.0. The zero-order valence-electron chi connectivity index (χ0n) is 7.38. The fourth-order valence-corrected chi connectivity index (χ4v) is 0.986. The molecule has 0 fully saturated rings. The van der Waals surface area contributed by atoms with Crippen LogP contribution in [0.3, 0.4) is 0 Å². The van der Waals surface area contributed by atoms with Crippen LogP contribution in [0.15, 0.2) is 24.3 Å². The molecule has 0 atom stereocenters. The minimum atomic E-state index is -1.26. The first kappa shape index (κ1) is 10.8. The summed E-state index contributed by atoms with van der Waals surface area (Å²) in [7, 11) is 0. The number of nitro benzene ring substituents is 1. The average Bonchev–Trinajstić information content (AvgIpc) is 2.14. The molecule has 0 aliphatic heterocycles. The van der Waals surface area contributed by atoms with Crippen LogP contribution in [-0.2, 0) is 4.79 Å². The number of halogens is 1. The number of carboxylic acid groups (broad SMARTS) is 1. The molecule has 0 aliphatic rings. The van der Waals surface area contributed by atoms with Crippen LogP contribution < -0.4 is 0 Å². The van der Waals surface area contributed by atoms with E-state index in [2.05, 4.69) is 0 Å². The summed E-state index contributed by atoms with van der Waals surface area (Å²) in [5.74, 6) is -1.92. The second-order valence-corrected chi connectivity index (χ2v) is 2.63. The lowest BCUT2D eigenvalue weighted by atomic mass is 10.1. The van der Waals surface area contributed by atoms with Crippen molar-refractivity contribution in [3.05, 3.63) is 45.8 Å². The topological polar surface area (TPSA) is 80.4 Å². The number of rotatable bonds is 3. The molecule has 1 rings (SSSR count). The molecule has 0 unspecified atom stereocenters. The van der Waals surface area contributed by atoms with Gasteiger partial charge >= 0.3 is 5.97 Å². The lowest BCUT2D eigenvalue weighted by Crippen LogP contribution is -1.93. The molecule has 1 N–H and O–H groups in total. The monoisotopic (exact) mass is 211 g/mol. The highest BCUT2D eigenvalue weighted by Crippen LogP contribution is 2.20. The molecular weight excluding hydrogens is 205 g/mol. The van der Waals surface area contributed by atoms with Gasteiger partial charge in [-0.1, -0.05) is 0 Å². The minimum Gasteiger partial charge on any atom is -0.478 e. The Hall–Kier alpha value is -2.24. The molecule has 0 bridgehead atoms. The number of nitro groups is 1. The largest absolute Gasteiger partial charge is 0.478 e. The number of nitrogens with zero attached hydrogens (tertiary/aromatic N) is 1. The molecule has 0 heterocycles. The van der Waals surface area contributed by atoms with Crippen molar-refractivity contribution < 1.29 is 19.2 Å². The Kier molecular flexibility index (Phi) is 3.12. The standard InChI is InChI=1S/C9H6FNO4/c10-7-2-3-8(11(14)15)6(5-7)1-4-9(12)13/h1-5H,(H,12,13)/b4-1+. The van der Waals surface area contributed by atoms with E-state index in [1.165, 1.54) is 0 Å². The van der Waals surface area contributed by atoms with E-state index in [1.54, 1.807) is 0 Å². The highest BCUT2D eigenvalue weighted by Gasteiger charge is 2.11. The number of carbonyl (C=O) groups is 1. The number of hydrogen-bond acceptors (Lipinski definition) is 3. The van der Waals surface area contributed by atoms with E-state index in [0.29, 0.717) is 6.08 Å². The first-order valence-electron chi connectivity index (χ1n) is 3.85. The normalized spacial score (nSPS) is 10.5. The molecular formula is C9H6FNO4. The maximum Gasteiger partial charge on any atom is 0.328 e. The molecule has 0 radical (unpaired) electrons. The second-order valence-electron chi connectivity index (χ2n) is 2.63. The van der Waals surface area contributed by atoms with Crippen LogP contribution in [-0.4, -0.2) is 16.0 Å². The van der Waals surface area contributed by atoms with Crippen LogP contribution >= 0.6 is 0 Å². The highest BCUT2D eigenvalue weighted by atomic mass is 19.1. The first-order valence-corrected chi connectivity index (χ1v) is 3.85. The van der Waals surface area contributed by atoms with Gasteiger partial charge in [-0.3, -0.25) is 10.1 Å². The lowest BCUT2D eigenvalue weighted by molar-refractivity contribution is -0.385. The van der Waals surface area contributed by atoms with Gasteiger partial charge < -0.3 is 5.11 Å². The van der Waals surface area contributed by atoms with Crippen LogP contribution in [0.2, 0.25) is 0 Å². The van der Waals surface area contributed by atoms with Gasteiger partial charge in [0, 0.05) is 12.1 Å². The van der Waals surface area contributed by atoms with Crippen molar-refractivity contribution in [1.29, 1.82) is 0 Å². The van der Waals surface area contributed by atoms with Crippen LogP contribution in [0.5, 0.6) is 0 Å². The van der Waals surface area contributed by atoms with E-state index < -0.39 is 16.7 Å². The quantitative estimate of drug-likeness (QED) is 0.469. The van der Waals surface area contributed by atoms with Gasteiger partial charge in [0.25, 0.3) is 5.69 Å². The van der Waals surface area contributed by atoms with Crippen molar-refractivity contribution in [2.24, 2.45) is 0 Å². The molecule has 5 nitrogen and oxygen atoms in total. The summed E-state index contributed by atoms with van der Waals surface area (Å²) < 4.78 is 12.7. The summed E-state index contributed by atoms with van der Waals surface area (Å²) in [5, 5.41) is 18.8.